The van der Waals surface area contributed by atoms with Gasteiger partial charge in [-0.2, -0.15) is 0 Å². The first kappa shape index (κ1) is 15.6. The zero-order valence-corrected chi connectivity index (χ0v) is 14.1. The summed E-state index contributed by atoms with van der Waals surface area (Å²) in [6, 6.07) is 9.52. The maximum atomic E-state index is 12.8. The lowest BCUT2D eigenvalue weighted by Gasteiger charge is -2.12. The standard InChI is InChI=1S/C18H18ClN3O/c1-4-14-17(22-8-6-5-7-15(22)20-14)18(23)21-16-12(3)9-11(2)10-13(16)19/h5-10H,4H2,1-3H3,(H,21,23). The average Bonchev–Trinajstić information content (AvgIpc) is 2.89. The van der Waals surface area contributed by atoms with Crippen molar-refractivity contribution in [2.24, 2.45) is 0 Å². The molecule has 0 spiro atoms. The van der Waals surface area contributed by atoms with Crippen molar-refractivity contribution in [2.75, 3.05) is 5.32 Å². The number of rotatable bonds is 3. The summed E-state index contributed by atoms with van der Waals surface area (Å²) in [5.41, 5.74) is 4.75. The molecule has 0 fully saturated rings. The Morgan fingerprint density at radius 3 is 2.78 bits per heavy atom. The van der Waals surface area contributed by atoms with Crippen molar-refractivity contribution in [2.45, 2.75) is 27.2 Å². The van der Waals surface area contributed by atoms with E-state index in [9.17, 15) is 4.79 Å². The Kier molecular flexibility index (Phi) is 4.09. The largest absolute Gasteiger partial charge is 0.319 e. The highest BCUT2D eigenvalue weighted by Crippen LogP contribution is 2.28. The number of carbonyl (C=O) groups excluding carboxylic acids is 1. The Morgan fingerprint density at radius 1 is 1.30 bits per heavy atom. The van der Waals surface area contributed by atoms with Gasteiger partial charge in [0.15, 0.2) is 0 Å². The van der Waals surface area contributed by atoms with Crippen LogP contribution in [0.2, 0.25) is 5.02 Å². The molecule has 0 radical (unpaired) electrons. The lowest BCUT2D eigenvalue weighted by Crippen LogP contribution is -2.17. The molecule has 0 aliphatic heterocycles. The Bertz CT molecular complexity index is 875. The van der Waals surface area contributed by atoms with Crippen molar-refractivity contribution in [1.29, 1.82) is 0 Å². The van der Waals surface area contributed by atoms with Gasteiger partial charge >= 0.3 is 0 Å². The molecule has 23 heavy (non-hydrogen) atoms. The maximum absolute atomic E-state index is 12.8. The number of benzene rings is 1. The second-order valence-electron chi connectivity index (χ2n) is 5.58. The highest BCUT2D eigenvalue weighted by atomic mass is 35.5. The predicted molar refractivity (Wildman–Crippen MR) is 93.4 cm³/mol. The number of hydrogen-bond donors (Lipinski definition) is 1. The summed E-state index contributed by atoms with van der Waals surface area (Å²) in [6.07, 6.45) is 2.53. The van der Waals surface area contributed by atoms with Crippen molar-refractivity contribution in [3.8, 4) is 0 Å². The van der Waals surface area contributed by atoms with Crippen molar-refractivity contribution in [3.05, 3.63) is 64.1 Å². The average molecular weight is 328 g/mol. The van der Waals surface area contributed by atoms with Crippen LogP contribution in [0, 0.1) is 13.8 Å². The zero-order valence-electron chi connectivity index (χ0n) is 13.4. The van der Waals surface area contributed by atoms with Gasteiger partial charge in [0.05, 0.1) is 16.4 Å². The molecule has 118 valence electrons. The summed E-state index contributed by atoms with van der Waals surface area (Å²) >= 11 is 6.30. The summed E-state index contributed by atoms with van der Waals surface area (Å²) in [6.45, 7) is 5.90. The van der Waals surface area contributed by atoms with Gasteiger partial charge in [0.25, 0.3) is 5.91 Å². The third-order valence-corrected chi connectivity index (χ3v) is 4.12. The minimum absolute atomic E-state index is 0.200. The van der Waals surface area contributed by atoms with E-state index < -0.39 is 0 Å². The van der Waals surface area contributed by atoms with Crippen molar-refractivity contribution >= 4 is 28.8 Å². The molecule has 2 heterocycles. The molecular weight excluding hydrogens is 310 g/mol. The van der Waals surface area contributed by atoms with Gasteiger partial charge in [-0.25, -0.2) is 4.98 Å². The number of hydrogen-bond acceptors (Lipinski definition) is 2. The van der Waals surface area contributed by atoms with Gasteiger partial charge in [0.1, 0.15) is 11.3 Å². The Hall–Kier alpha value is -2.33. The van der Waals surface area contributed by atoms with E-state index >= 15 is 0 Å². The monoisotopic (exact) mass is 327 g/mol. The van der Waals surface area contributed by atoms with E-state index in [1.807, 2.05) is 61.7 Å². The molecule has 5 heteroatoms. The molecule has 0 bridgehead atoms. The first-order chi connectivity index (χ1) is 11.0. The lowest BCUT2D eigenvalue weighted by atomic mass is 10.1. The molecule has 0 aliphatic rings. The van der Waals surface area contributed by atoms with Crippen LogP contribution in [0.4, 0.5) is 5.69 Å². The van der Waals surface area contributed by atoms with Gasteiger partial charge in [0, 0.05) is 6.20 Å². The van der Waals surface area contributed by atoms with Crippen LogP contribution in [0.1, 0.15) is 34.2 Å². The highest BCUT2D eigenvalue weighted by molar-refractivity contribution is 6.34. The van der Waals surface area contributed by atoms with E-state index in [1.54, 1.807) is 0 Å². The van der Waals surface area contributed by atoms with Crippen molar-refractivity contribution in [3.63, 3.8) is 0 Å². The van der Waals surface area contributed by atoms with Gasteiger partial charge in [0.2, 0.25) is 0 Å². The molecule has 1 N–H and O–H groups in total. The SMILES string of the molecule is CCc1nc2ccccn2c1C(=O)Nc1c(C)cc(C)cc1Cl. The number of amides is 1. The van der Waals surface area contributed by atoms with Gasteiger partial charge in [-0.1, -0.05) is 30.7 Å². The van der Waals surface area contributed by atoms with Crippen LogP contribution >= 0.6 is 11.6 Å². The van der Waals surface area contributed by atoms with Gasteiger partial charge in [-0.3, -0.25) is 9.20 Å². The molecule has 0 aliphatic carbocycles. The fourth-order valence-electron chi connectivity index (χ4n) is 2.78. The van der Waals surface area contributed by atoms with Gasteiger partial charge in [-0.15, -0.1) is 0 Å². The lowest BCUT2D eigenvalue weighted by molar-refractivity contribution is 0.102. The Labute approximate surface area is 140 Å². The second-order valence-corrected chi connectivity index (χ2v) is 5.99. The predicted octanol–water partition coefficient (Wildman–Crippen LogP) is 4.42. The first-order valence-corrected chi connectivity index (χ1v) is 7.93. The van der Waals surface area contributed by atoms with E-state index in [2.05, 4.69) is 10.3 Å². The molecule has 0 atom stereocenters. The number of carbonyl (C=O) groups is 1. The van der Waals surface area contributed by atoms with E-state index in [0.29, 0.717) is 22.8 Å². The van der Waals surface area contributed by atoms with Gasteiger partial charge in [-0.05, 0) is 49.6 Å². The fourth-order valence-corrected chi connectivity index (χ4v) is 3.15. The van der Waals surface area contributed by atoms with E-state index in [0.717, 1.165) is 22.5 Å². The molecular formula is C18H18ClN3O. The molecule has 0 unspecified atom stereocenters. The van der Waals surface area contributed by atoms with E-state index in [-0.39, 0.29) is 5.91 Å². The van der Waals surface area contributed by atoms with E-state index in [4.69, 9.17) is 11.6 Å². The number of halogens is 1. The third kappa shape index (κ3) is 2.82. The van der Waals surface area contributed by atoms with E-state index in [1.165, 1.54) is 0 Å². The maximum Gasteiger partial charge on any atom is 0.274 e. The van der Waals surface area contributed by atoms with Crippen LogP contribution in [-0.4, -0.2) is 15.3 Å². The quantitative estimate of drug-likeness (QED) is 0.774. The van der Waals surface area contributed by atoms with Crippen LogP contribution < -0.4 is 5.32 Å². The Balaban J connectivity index is 2.05. The molecule has 3 rings (SSSR count). The normalized spacial score (nSPS) is 11.0. The van der Waals surface area contributed by atoms with Crippen LogP contribution in [-0.2, 0) is 6.42 Å². The molecule has 1 aromatic carbocycles. The second kappa shape index (κ2) is 6.05. The van der Waals surface area contributed by atoms with Crippen LogP contribution in [0.3, 0.4) is 0 Å². The Morgan fingerprint density at radius 2 is 2.09 bits per heavy atom. The van der Waals surface area contributed by atoms with Crippen molar-refractivity contribution < 1.29 is 4.79 Å². The van der Waals surface area contributed by atoms with Crippen LogP contribution in [0.15, 0.2) is 36.5 Å². The summed E-state index contributed by atoms with van der Waals surface area (Å²) in [7, 11) is 0. The van der Waals surface area contributed by atoms with Crippen LogP contribution in [0.5, 0.6) is 0 Å². The zero-order chi connectivity index (χ0) is 16.6. The van der Waals surface area contributed by atoms with Crippen molar-refractivity contribution in [1.82, 2.24) is 9.38 Å². The summed E-state index contributed by atoms with van der Waals surface area (Å²) < 4.78 is 1.81. The third-order valence-electron chi connectivity index (χ3n) is 3.82. The molecule has 3 aromatic rings. The number of aromatic nitrogens is 2. The number of anilines is 1. The number of imidazole rings is 1. The topological polar surface area (TPSA) is 46.4 Å². The van der Waals surface area contributed by atoms with Crippen LogP contribution in [0.25, 0.3) is 5.65 Å². The molecule has 0 saturated carbocycles. The number of nitrogens with zero attached hydrogens (tertiary/aromatic N) is 2. The fraction of sp³-hybridized carbons (Fsp3) is 0.222. The van der Waals surface area contributed by atoms with Gasteiger partial charge < -0.3 is 5.32 Å². The molecule has 0 saturated heterocycles. The minimum Gasteiger partial charge on any atom is -0.319 e. The molecule has 4 nitrogen and oxygen atoms in total. The number of aryl methyl sites for hydroxylation is 3. The molecule has 2 aromatic heterocycles. The number of nitrogens with one attached hydrogen (secondary N) is 1. The molecule has 1 amide bonds. The summed E-state index contributed by atoms with van der Waals surface area (Å²) in [4.78, 5) is 17.3. The summed E-state index contributed by atoms with van der Waals surface area (Å²) in [5.74, 6) is -0.200. The first-order valence-electron chi connectivity index (χ1n) is 7.55. The number of pyridine rings is 1. The highest BCUT2D eigenvalue weighted by Gasteiger charge is 2.19. The minimum atomic E-state index is -0.200. The number of fused-ring (bicyclic) bond motifs is 1. The smallest absolute Gasteiger partial charge is 0.274 e. The summed E-state index contributed by atoms with van der Waals surface area (Å²) in [5, 5.41) is 3.49.